The minimum Gasteiger partial charge on any atom is -1.00 e. The summed E-state index contributed by atoms with van der Waals surface area (Å²) >= 11 is 0. The van der Waals surface area contributed by atoms with E-state index in [0.717, 1.165) is 6.92 Å². The van der Waals surface area contributed by atoms with Gasteiger partial charge in [0.1, 0.15) is 6.26 Å². The maximum atomic E-state index is 9.00. The molecule has 0 aliphatic carbocycles. The first-order chi connectivity index (χ1) is 4.23. The number of nitrogens with zero attached hydrogens (tertiary/aromatic N) is 1. The summed E-state index contributed by atoms with van der Waals surface area (Å²) in [5.74, 6) is -0.833. The fraction of sp³-hybridized carbons (Fsp3) is 0.200. The zero-order chi connectivity index (χ0) is 7.11. The Morgan fingerprint density at radius 2 is 2.18 bits per heavy atom. The molecule has 0 aliphatic rings. The Morgan fingerprint density at radius 1 is 1.73 bits per heavy atom. The van der Waals surface area contributed by atoms with Crippen LogP contribution in [0.15, 0.2) is 23.3 Å². The molecule has 1 aromatic rings. The minimum absolute atomic E-state index is 0. The fourth-order valence-electron chi connectivity index (χ4n) is 0.176. The molecule has 6 heteroatoms. The Bertz CT molecular complexity index is 140. The third-order valence-electron chi connectivity index (χ3n) is 0.347. The van der Waals surface area contributed by atoms with Crippen LogP contribution >= 0.6 is 0 Å². The van der Waals surface area contributed by atoms with E-state index in [-0.39, 0.29) is 46.1 Å². The van der Waals surface area contributed by atoms with Gasteiger partial charge in [-0.25, -0.2) is 4.98 Å². The first kappa shape index (κ1) is 17.1. The quantitative estimate of drug-likeness (QED) is 0.571. The summed E-state index contributed by atoms with van der Waals surface area (Å²) in [6.07, 6.45) is 4.47. The second kappa shape index (κ2) is 12.6. The maximum Gasteiger partial charge on any atom is 2.00 e. The summed E-state index contributed by atoms with van der Waals surface area (Å²) in [5.41, 5.74) is 0. The van der Waals surface area contributed by atoms with E-state index in [4.69, 9.17) is 9.90 Å². The second-order valence-corrected chi connectivity index (χ2v) is 1.19. The van der Waals surface area contributed by atoms with E-state index in [1.165, 1.54) is 12.7 Å². The van der Waals surface area contributed by atoms with Crippen LogP contribution in [0.1, 0.15) is 9.78 Å². The van der Waals surface area contributed by atoms with Crippen LogP contribution in [0.2, 0.25) is 0 Å². The van der Waals surface area contributed by atoms with Crippen LogP contribution in [0.3, 0.4) is 0 Å². The van der Waals surface area contributed by atoms with E-state index >= 15 is 0 Å². The van der Waals surface area contributed by atoms with Gasteiger partial charge in [-0.05, 0) is 0 Å². The molecule has 0 saturated carbocycles. The molecule has 1 rings (SSSR count). The van der Waals surface area contributed by atoms with Crippen molar-refractivity contribution >= 4 is 43.7 Å². The maximum absolute atomic E-state index is 9.00. The second-order valence-electron chi connectivity index (χ2n) is 1.19. The summed E-state index contributed by atoms with van der Waals surface area (Å²) in [5, 5.41) is 7.42. The van der Waals surface area contributed by atoms with Gasteiger partial charge in [0.15, 0.2) is 6.39 Å². The van der Waals surface area contributed by atoms with Crippen molar-refractivity contribution in [3.05, 3.63) is 18.9 Å². The van der Waals surface area contributed by atoms with Crippen molar-refractivity contribution in [2.75, 3.05) is 0 Å². The first-order valence-corrected chi connectivity index (χ1v) is 2.25. The van der Waals surface area contributed by atoms with Crippen LogP contribution in [-0.4, -0.2) is 59.3 Å². The van der Waals surface area contributed by atoms with Gasteiger partial charge in [0.25, 0.3) is 5.97 Å². The topological polar surface area (TPSA) is 94.8 Å². The van der Waals surface area contributed by atoms with Gasteiger partial charge in [-0.1, -0.05) is 0 Å². The van der Waals surface area contributed by atoms with Crippen molar-refractivity contribution in [1.29, 1.82) is 0 Å². The number of carboxylic acid groups (broad SMARTS) is 1. The van der Waals surface area contributed by atoms with Crippen molar-refractivity contribution in [1.82, 2.24) is 4.98 Å². The van der Waals surface area contributed by atoms with E-state index in [1.807, 2.05) is 0 Å². The molecule has 62 valence electrons. The molecular formula is C5H11CaNO4. The smallest absolute Gasteiger partial charge is 1.00 e. The van der Waals surface area contributed by atoms with Crippen molar-refractivity contribution in [2.24, 2.45) is 0 Å². The van der Waals surface area contributed by atoms with E-state index in [9.17, 15) is 0 Å². The Hall–Kier alpha value is -0.100. The molecule has 11 heavy (non-hydrogen) atoms. The number of oxazole rings is 1. The van der Waals surface area contributed by atoms with Gasteiger partial charge in [-0.15, -0.1) is 0 Å². The molecule has 0 radical (unpaired) electrons. The normalized spacial score (nSPS) is 5.91. The van der Waals surface area contributed by atoms with E-state index < -0.39 is 5.97 Å². The molecule has 3 N–H and O–H groups in total. The molecule has 0 spiro atoms. The van der Waals surface area contributed by atoms with E-state index in [2.05, 4.69) is 9.40 Å². The average Bonchev–Trinajstić information content (AvgIpc) is 2.11. The van der Waals surface area contributed by atoms with Gasteiger partial charge in [0.05, 0.1) is 6.20 Å². The molecule has 0 fully saturated rings. The van der Waals surface area contributed by atoms with Gasteiger partial charge in [0.2, 0.25) is 0 Å². The molecule has 0 aromatic carbocycles. The molecule has 0 aliphatic heterocycles. The molecule has 0 amide bonds. The van der Waals surface area contributed by atoms with Crippen molar-refractivity contribution in [3.8, 4) is 0 Å². The van der Waals surface area contributed by atoms with Crippen LogP contribution in [0, 0.1) is 0 Å². The van der Waals surface area contributed by atoms with Gasteiger partial charge in [-0.2, -0.15) is 0 Å². The number of rotatable bonds is 0. The predicted octanol–water partition coefficient (Wildman–Crippen LogP) is -0.215. The zero-order valence-corrected chi connectivity index (χ0v) is 8.36. The first-order valence-electron chi connectivity index (χ1n) is 2.25. The largest absolute Gasteiger partial charge is 2.00 e. The predicted molar refractivity (Wildman–Crippen MR) is 41.4 cm³/mol. The molecule has 0 saturated heterocycles. The summed E-state index contributed by atoms with van der Waals surface area (Å²) in [6.45, 7) is 1.08. The monoisotopic (exact) mass is 189 g/mol. The number of hydrogen-bond donors (Lipinski definition) is 1. The third kappa shape index (κ3) is 25.7. The number of aliphatic carboxylic acids is 1. The number of carbonyl (C=O) groups is 1. The van der Waals surface area contributed by atoms with Crippen molar-refractivity contribution < 1.29 is 22.6 Å². The Balaban J connectivity index is -0.0000000256. The standard InChI is InChI=1S/C3H3NO.C2H4O2.Ca.H2O.2H/c1-2-5-3-4-1;1-2(3)4;;;;/h1-3H;1H3,(H,3,4);;1H2;;/q;;+2;;2*-1. The summed E-state index contributed by atoms with van der Waals surface area (Å²) < 4.78 is 4.47. The van der Waals surface area contributed by atoms with Crippen molar-refractivity contribution in [2.45, 2.75) is 6.92 Å². The molecule has 1 aromatic heterocycles. The molecule has 0 bridgehead atoms. The molecule has 0 atom stereocenters. The molecule has 0 unspecified atom stereocenters. The number of hydrogen-bond acceptors (Lipinski definition) is 3. The van der Waals surface area contributed by atoms with Gasteiger partial charge in [-0.3, -0.25) is 4.79 Å². The SMILES string of the molecule is CC(=O)O.O.[Ca+2].[H-].[H-].c1cocn1. The van der Waals surface area contributed by atoms with Crippen LogP contribution in [-0.2, 0) is 4.79 Å². The number of aromatic nitrogens is 1. The molecular weight excluding hydrogens is 178 g/mol. The van der Waals surface area contributed by atoms with Crippen LogP contribution < -0.4 is 0 Å². The van der Waals surface area contributed by atoms with Gasteiger partial charge < -0.3 is 17.9 Å². The Kier molecular flexibility index (Phi) is 19.6. The minimum atomic E-state index is -0.833. The van der Waals surface area contributed by atoms with E-state index in [1.54, 1.807) is 6.20 Å². The summed E-state index contributed by atoms with van der Waals surface area (Å²) in [4.78, 5) is 12.6. The summed E-state index contributed by atoms with van der Waals surface area (Å²) in [7, 11) is 0. The molecule has 1 heterocycles. The fourth-order valence-corrected chi connectivity index (χ4v) is 0.176. The Morgan fingerprint density at radius 3 is 2.27 bits per heavy atom. The van der Waals surface area contributed by atoms with Crippen LogP contribution in [0.25, 0.3) is 0 Å². The Labute approximate surface area is 96.7 Å². The molecule has 5 nitrogen and oxygen atoms in total. The zero-order valence-electron chi connectivity index (χ0n) is 8.15. The summed E-state index contributed by atoms with van der Waals surface area (Å²) in [6, 6.07) is 0. The average molecular weight is 189 g/mol. The van der Waals surface area contributed by atoms with Crippen LogP contribution in [0.5, 0.6) is 0 Å². The van der Waals surface area contributed by atoms with E-state index in [0.29, 0.717) is 0 Å². The van der Waals surface area contributed by atoms with Gasteiger partial charge in [0, 0.05) is 6.92 Å². The van der Waals surface area contributed by atoms with Gasteiger partial charge >= 0.3 is 37.7 Å². The number of carboxylic acids is 1. The van der Waals surface area contributed by atoms with Crippen LogP contribution in [0.4, 0.5) is 0 Å². The van der Waals surface area contributed by atoms with Crippen molar-refractivity contribution in [3.63, 3.8) is 0 Å². The third-order valence-corrected chi connectivity index (χ3v) is 0.347.